The lowest BCUT2D eigenvalue weighted by Gasteiger charge is -2.10. The Bertz CT molecular complexity index is 827. The van der Waals surface area contributed by atoms with E-state index in [9.17, 15) is 14.8 Å². The van der Waals surface area contributed by atoms with E-state index in [1.807, 2.05) is 26.0 Å². The highest BCUT2D eigenvalue weighted by atomic mass is 31.1. The second-order valence-corrected chi connectivity index (χ2v) is 12.6. The molecule has 0 aromatic heterocycles. The smallest absolute Gasteiger partial charge is 0.319 e. The molecular weight excluding hydrogens is 519 g/mol. The highest BCUT2D eigenvalue weighted by Gasteiger charge is 2.07. The average Bonchev–Trinajstić information content (AvgIpc) is 2.83. The maximum Gasteiger partial charge on any atom is 0.319 e. The van der Waals surface area contributed by atoms with Crippen LogP contribution in [0.1, 0.15) is 120 Å². The summed E-state index contributed by atoms with van der Waals surface area (Å²) in [5.41, 5.74) is 7.77. The molecule has 230 valence electrons. The molecule has 0 saturated carbocycles. The standard InChI is InChI=1S/C34H59O5P/c1-27(2)13-9-15-29(5)17-11-19-31(7)25-33(35)21-23-38-40(37)39-24-22-34(36)26-32(8)20-12-18-30(6)16-10-14-28(3)4/h13-14,17-18,25-26,33-36,40H,9-12,15-16,19-24H2,1-8H3. The minimum Gasteiger partial charge on any atom is -0.389 e. The molecule has 5 nitrogen and oxygen atoms in total. The van der Waals surface area contributed by atoms with E-state index in [-0.39, 0.29) is 13.2 Å². The van der Waals surface area contributed by atoms with E-state index in [0.717, 1.165) is 62.5 Å². The van der Waals surface area contributed by atoms with Crippen molar-refractivity contribution in [1.29, 1.82) is 0 Å². The fourth-order valence-corrected chi connectivity index (χ4v) is 4.68. The Kier molecular flexibility index (Phi) is 23.2. The zero-order valence-electron chi connectivity index (χ0n) is 26.7. The van der Waals surface area contributed by atoms with Gasteiger partial charge in [0.2, 0.25) is 0 Å². The number of allylic oxidation sites excluding steroid dienone is 10. The van der Waals surface area contributed by atoms with E-state index in [1.54, 1.807) is 0 Å². The molecule has 0 heterocycles. The lowest BCUT2D eigenvalue weighted by Crippen LogP contribution is -2.08. The molecule has 0 aliphatic carbocycles. The third-order valence-corrected chi connectivity index (χ3v) is 7.35. The number of hydrogen-bond acceptors (Lipinski definition) is 5. The molecule has 2 N–H and O–H groups in total. The van der Waals surface area contributed by atoms with Crippen LogP contribution >= 0.6 is 8.25 Å². The van der Waals surface area contributed by atoms with Gasteiger partial charge < -0.3 is 19.3 Å². The minimum absolute atomic E-state index is 0.162. The van der Waals surface area contributed by atoms with Gasteiger partial charge in [-0.2, -0.15) is 0 Å². The minimum atomic E-state index is -2.65. The molecule has 0 rings (SSSR count). The Labute approximate surface area is 246 Å². The average molecular weight is 579 g/mol. The van der Waals surface area contributed by atoms with Gasteiger partial charge in [-0.3, -0.25) is 4.57 Å². The van der Waals surface area contributed by atoms with Gasteiger partial charge in [-0.25, -0.2) is 0 Å². The lowest BCUT2D eigenvalue weighted by molar-refractivity contribution is 0.150. The molecule has 0 bridgehead atoms. The molecule has 2 atom stereocenters. The largest absolute Gasteiger partial charge is 0.389 e. The summed E-state index contributed by atoms with van der Waals surface area (Å²) in [5.74, 6) is 0. The molecule has 0 aliphatic heterocycles. The summed E-state index contributed by atoms with van der Waals surface area (Å²) in [5, 5.41) is 20.5. The first kappa shape index (κ1) is 38.5. The summed E-state index contributed by atoms with van der Waals surface area (Å²) >= 11 is 0. The van der Waals surface area contributed by atoms with Gasteiger partial charge in [-0.05, 0) is 107 Å². The van der Waals surface area contributed by atoms with Crippen LogP contribution in [-0.4, -0.2) is 35.6 Å². The molecule has 0 aliphatic rings. The van der Waals surface area contributed by atoms with Crippen molar-refractivity contribution in [2.45, 2.75) is 132 Å². The van der Waals surface area contributed by atoms with Crippen LogP contribution in [0.5, 0.6) is 0 Å². The Morgan fingerprint density at radius 1 is 0.575 bits per heavy atom. The maximum absolute atomic E-state index is 12.0. The Morgan fingerprint density at radius 3 is 1.25 bits per heavy atom. The van der Waals surface area contributed by atoms with Crippen LogP contribution in [0.25, 0.3) is 0 Å². The first-order chi connectivity index (χ1) is 18.9. The van der Waals surface area contributed by atoms with Crippen LogP contribution in [0, 0.1) is 0 Å². The van der Waals surface area contributed by atoms with Gasteiger partial charge in [0, 0.05) is 12.8 Å². The molecule has 0 aromatic rings. The number of hydrogen-bond donors (Lipinski definition) is 2. The molecule has 0 radical (unpaired) electrons. The van der Waals surface area contributed by atoms with Crippen LogP contribution in [0.4, 0.5) is 0 Å². The van der Waals surface area contributed by atoms with Crippen molar-refractivity contribution in [3.05, 3.63) is 69.9 Å². The SMILES string of the molecule is CC(C)=CCCC(C)=CCCC(C)=CC(O)CCO[PH](=O)OCCC(O)C=C(C)CCC=C(C)CCC=C(C)C. The zero-order chi connectivity index (χ0) is 30.3. The third kappa shape index (κ3) is 25.5. The second-order valence-electron chi connectivity index (χ2n) is 11.5. The fourth-order valence-electron chi connectivity index (χ4n) is 4.03. The molecule has 40 heavy (non-hydrogen) atoms. The predicted octanol–water partition coefficient (Wildman–Crippen LogP) is 9.75. The fraction of sp³-hybridized carbons (Fsp3) is 0.647. The van der Waals surface area contributed by atoms with E-state index >= 15 is 0 Å². The summed E-state index contributed by atoms with van der Waals surface area (Å²) in [7, 11) is -2.65. The molecule has 0 amide bonds. The van der Waals surface area contributed by atoms with E-state index < -0.39 is 20.5 Å². The number of rotatable bonds is 22. The summed E-state index contributed by atoms with van der Waals surface area (Å²) in [6.07, 6.45) is 20.3. The van der Waals surface area contributed by atoms with E-state index in [4.69, 9.17) is 9.05 Å². The van der Waals surface area contributed by atoms with Crippen molar-refractivity contribution < 1.29 is 23.8 Å². The van der Waals surface area contributed by atoms with E-state index in [0.29, 0.717) is 12.8 Å². The van der Waals surface area contributed by atoms with Crippen LogP contribution in [-0.2, 0) is 13.6 Å². The zero-order valence-corrected chi connectivity index (χ0v) is 27.7. The van der Waals surface area contributed by atoms with Crippen LogP contribution in [0.2, 0.25) is 0 Å². The van der Waals surface area contributed by atoms with E-state index in [2.05, 4.69) is 65.8 Å². The summed E-state index contributed by atoms with van der Waals surface area (Å²) < 4.78 is 22.5. The molecule has 0 spiro atoms. The van der Waals surface area contributed by atoms with Gasteiger partial charge in [0.1, 0.15) is 0 Å². The molecule has 2 unspecified atom stereocenters. The molecule has 6 heteroatoms. The van der Waals surface area contributed by atoms with Gasteiger partial charge >= 0.3 is 8.25 Å². The monoisotopic (exact) mass is 578 g/mol. The Balaban J connectivity index is 4.12. The second kappa shape index (κ2) is 24.1. The highest BCUT2D eigenvalue weighted by molar-refractivity contribution is 7.33. The van der Waals surface area contributed by atoms with Crippen molar-refractivity contribution in [2.75, 3.05) is 13.2 Å². The summed E-state index contributed by atoms with van der Waals surface area (Å²) in [6.45, 7) is 17.2. The highest BCUT2D eigenvalue weighted by Crippen LogP contribution is 2.25. The number of aliphatic hydroxyl groups excluding tert-OH is 2. The number of aliphatic hydroxyl groups is 2. The normalized spacial score (nSPS) is 15.6. The van der Waals surface area contributed by atoms with Gasteiger partial charge in [0.25, 0.3) is 0 Å². The van der Waals surface area contributed by atoms with Crippen LogP contribution in [0.3, 0.4) is 0 Å². The van der Waals surface area contributed by atoms with Crippen LogP contribution in [0.15, 0.2) is 69.9 Å². The Hall–Kier alpha value is -1.49. The predicted molar refractivity (Wildman–Crippen MR) is 173 cm³/mol. The molecular formula is C34H59O5P. The van der Waals surface area contributed by atoms with Crippen LogP contribution < -0.4 is 0 Å². The van der Waals surface area contributed by atoms with Gasteiger partial charge in [-0.15, -0.1) is 0 Å². The van der Waals surface area contributed by atoms with Crippen molar-refractivity contribution in [2.24, 2.45) is 0 Å². The van der Waals surface area contributed by atoms with Gasteiger partial charge in [0.15, 0.2) is 0 Å². The van der Waals surface area contributed by atoms with Crippen molar-refractivity contribution >= 4 is 8.25 Å². The molecule has 0 aromatic carbocycles. The van der Waals surface area contributed by atoms with Gasteiger partial charge in [-0.1, -0.05) is 69.9 Å². The molecule has 0 fully saturated rings. The van der Waals surface area contributed by atoms with E-state index in [1.165, 1.54) is 22.3 Å². The van der Waals surface area contributed by atoms with Crippen molar-refractivity contribution in [3.63, 3.8) is 0 Å². The first-order valence-electron chi connectivity index (χ1n) is 15.0. The van der Waals surface area contributed by atoms with Gasteiger partial charge in [0.05, 0.1) is 25.4 Å². The summed E-state index contributed by atoms with van der Waals surface area (Å²) in [4.78, 5) is 0. The Morgan fingerprint density at radius 2 is 0.900 bits per heavy atom. The first-order valence-corrected chi connectivity index (χ1v) is 16.2. The maximum atomic E-state index is 12.0. The summed E-state index contributed by atoms with van der Waals surface area (Å²) in [6, 6.07) is 0. The van der Waals surface area contributed by atoms with Crippen molar-refractivity contribution in [1.82, 2.24) is 0 Å². The third-order valence-electron chi connectivity index (χ3n) is 6.47. The lowest BCUT2D eigenvalue weighted by atomic mass is 10.1. The molecule has 0 saturated heterocycles. The van der Waals surface area contributed by atoms with Crippen molar-refractivity contribution in [3.8, 4) is 0 Å². The topological polar surface area (TPSA) is 76.0 Å². The quantitative estimate of drug-likeness (QED) is 0.0988.